The standard InChI is InChI=1S/C20H22ClN3O6Si/c1-12-22-15-9-17(24(27)28)19(10-16(15)23(12)11-29-5-6-31-2)30-18-4-3-13(7-14(18)21)8-20(25)26/h3-4,7,9-10H,5-6,8,11,31H2,1-2H3,(H,25,26). The van der Waals surface area contributed by atoms with Gasteiger partial charge in [-0.15, -0.1) is 0 Å². The summed E-state index contributed by atoms with van der Waals surface area (Å²) in [6, 6.07) is 8.50. The van der Waals surface area contributed by atoms with Crippen molar-refractivity contribution in [1.82, 2.24) is 9.55 Å². The highest BCUT2D eigenvalue weighted by molar-refractivity contribution is 6.33. The van der Waals surface area contributed by atoms with E-state index in [9.17, 15) is 14.9 Å². The van der Waals surface area contributed by atoms with Crippen molar-refractivity contribution in [2.75, 3.05) is 6.61 Å². The quantitative estimate of drug-likeness (QED) is 0.209. The maximum atomic E-state index is 11.6. The molecule has 11 heteroatoms. The Kier molecular flexibility index (Phi) is 7.26. The van der Waals surface area contributed by atoms with Crippen LogP contribution in [0.15, 0.2) is 30.3 Å². The molecule has 0 amide bonds. The van der Waals surface area contributed by atoms with Crippen LogP contribution < -0.4 is 4.74 Å². The molecule has 0 aliphatic heterocycles. The summed E-state index contributed by atoms with van der Waals surface area (Å²) in [5.74, 6) is -0.123. The lowest BCUT2D eigenvalue weighted by Crippen LogP contribution is -2.06. The molecule has 0 spiro atoms. The molecule has 164 valence electrons. The van der Waals surface area contributed by atoms with Crippen molar-refractivity contribution < 1.29 is 24.3 Å². The van der Waals surface area contributed by atoms with E-state index in [0.717, 1.165) is 6.04 Å². The second kappa shape index (κ2) is 9.90. The first-order valence-corrected chi connectivity index (χ1v) is 12.5. The van der Waals surface area contributed by atoms with E-state index in [4.69, 9.17) is 26.2 Å². The van der Waals surface area contributed by atoms with Gasteiger partial charge in [0.2, 0.25) is 5.75 Å². The molecule has 3 rings (SSSR count). The van der Waals surface area contributed by atoms with Gasteiger partial charge in [-0.25, -0.2) is 4.98 Å². The number of rotatable bonds is 10. The number of carboxylic acids is 1. The van der Waals surface area contributed by atoms with Gasteiger partial charge in [-0.3, -0.25) is 14.9 Å². The van der Waals surface area contributed by atoms with Crippen LogP contribution in [0.3, 0.4) is 0 Å². The predicted molar refractivity (Wildman–Crippen MR) is 119 cm³/mol. The molecule has 0 aliphatic rings. The molecular weight excluding hydrogens is 442 g/mol. The maximum Gasteiger partial charge on any atom is 0.313 e. The molecule has 0 aliphatic carbocycles. The van der Waals surface area contributed by atoms with Gasteiger partial charge < -0.3 is 19.1 Å². The Morgan fingerprint density at radius 3 is 2.74 bits per heavy atom. The van der Waals surface area contributed by atoms with Gasteiger partial charge >= 0.3 is 11.7 Å². The van der Waals surface area contributed by atoms with Crippen LogP contribution in [0.5, 0.6) is 11.5 Å². The summed E-state index contributed by atoms with van der Waals surface area (Å²) in [6.07, 6.45) is -0.189. The Balaban J connectivity index is 1.97. The number of nitro groups is 1. The second-order valence-electron chi connectivity index (χ2n) is 6.98. The molecular formula is C20H22ClN3O6Si. The van der Waals surface area contributed by atoms with Crippen molar-refractivity contribution in [2.24, 2.45) is 0 Å². The first-order chi connectivity index (χ1) is 14.8. The number of fused-ring (bicyclic) bond motifs is 1. The SMILES string of the molecule is C[SiH2]CCOCn1c(C)nc2cc([N+](=O)[O-])c(Oc3ccc(CC(=O)O)cc3Cl)cc21. The molecule has 9 nitrogen and oxygen atoms in total. The third kappa shape index (κ3) is 5.40. The van der Waals surface area contributed by atoms with E-state index in [-0.39, 0.29) is 38.1 Å². The second-order valence-corrected chi connectivity index (χ2v) is 9.10. The number of halogens is 1. The van der Waals surface area contributed by atoms with E-state index in [2.05, 4.69) is 11.5 Å². The van der Waals surface area contributed by atoms with Crippen LogP contribution in [0.1, 0.15) is 11.4 Å². The molecule has 1 N–H and O–H groups in total. The van der Waals surface area contributed by atoms with Gasteiger partial charge in [0.05, 0.1) is 27.4 Å². The molecule has 0 bridgehead atoms. The van der Waals surface area contributed by atoms with Crippen LogP contribution >= 0.6 is 11.6 Å². The van der Waals surface area contributed by atoms with Crippen LogP contribution in [-0.4, -0.2) is 41.7 Å². The molecule has 0 saturated heterocycles. The third-order valence-electron chi connectivity index (χ3n) is 4.65. The first kappa shape index (κ1) is 22.7. The number of carbonyl (C=O) groups is 1. The van der Waals surface area contributed by atoms with Crippen LogP contribution in [0.4, 0.5) is 5.69 Å². The highest BCUT2D eigenvalue weighted by Gasteiger charge is 2.22. The number of benzene rings is 2. The van der Waals surface area contributed by atoms with Crippen LogP contribution in [0, 0.1) is 17.0 Å². The van der Waals surface area contributed by atoms with E-state index in [0.29, 0.717) is 35.8 Å². The number of hydrogen-bond donors (Lipinski definition) is 1. The number of nitrogens with zero attached hydrogens (tertiary/aromatic N) is 3. The highest BCUT2D eigenvalue weighted by atomic mass is 35.5. The number of imidazole rings is 1. The summed E-state index contributed by atoms with van der Waals surface area (Å²) < 4.78 is 13.3. The highest BCUT2D eigenvalue weighted by Crippen LogP contribution is 2.38. The smallest absolute Gasteiger partial charge is 0.313 e. The average molecular weight is 464 g/mol. The summed E-state index contributed by atoms with van der Waals surface area (Å²) in [6.45, 7) is 4.97. The Morgan fingerprint density at radius 2 is 2.10 bits per heavy atom. The van der Waals surface area contributed by atoms with E-state index >= 15 is 0 Å². The maximum absolute atomic E-state index is 11.6. The molecule has 0 radical (unpaired) electrons. The number of aliphatic carboxylic acids is 1. The average Bonchev–Trinajstić information content (AvgIpc) is 3.00. The number of hydrogen-bond acceptors (Lipinski definition) is 6. The van der Waals surface area contributed by atoms with Crippen molar-refractivity contribution >= 4 is 43.8 Å². The van der Waals surface area contributed by atoms with E-state index in [1.165, 1.54) is 18.2 Å². The molecule has 1 heterocycles. The third-order valence-corrected chi connectivity index (χ3v) is 5.94. The fourth-order valence-electron chi connectivity index (χ4n) is 3.08. The Hall–Kier alpha value is -2.95. The van der Waals surface area contributed by atoms with E-state index in [1.807, 2.05) is 11.5 Å². The first-order valence-electron chi connectivity index (χ1n) is 9.71. The number of carboxylic acid groups (broad SMARTS) is 1. The number of ether oxygens (including phenoxy) is 2. The minimum atomic E-state index is -0.988. The molecule has 1 aromatic heterocycles. The number of aromatic nitrogens is 2. The largest absolute Gasteiger partial charge is 0.481 e. The van der Waals surface area contributed by atoms with Crippen molar-refractivity contribution in [3.8, 4) is 11.5 Å². The van der Waals surface area contributed by atoms with Crippen molar-refractivity contribution in [3.63, 3.8) is 0 Å². The summed E-state index contributed by atoms with van der Waals surface area (Å²) >= 11 is 6.22. The summed E-state index contributed by atoms with van der Waals surface area (Å²) in [7, 11) is -0.0817. The topological polar surface area (TPSA) is 117 Å². The zero-order valence-corrected chi connectivity index (χ0v) is 19.3. The molecule has 0 saturated carbocycles. The number of nitro benzene ring substituents is 1. The fourth-order valence-corrected chi connectivity index (χ4v) is 3.82. The lowest BCUT2D eigenvalue weighted by Gasteiger charge is -2.11. The predicted octanol–water partition coefficient (Wildman–Crippen LogP) is 3.94. The Bertz CT molecular complexity index is 1130. The Morgan fingerprint density at radius 1 is 1.32 bits per heavy atom. The zero-order chi connectivity index (χ0) is 22.5. The lowest BCUT2D eigenvalue weighted by molar-refractivity contribution is -0.385. The van der Waals surface area contributed by atoms with E-state index in [1.54, 1.807) is 12.1 Å². The van der Waals surface area contributed by atoms with Gasteiger partial charge in [0.25, 0.3) is 0 Å². The van der Waals surface area contributed by atoms with Crippen LogP contribution in [-0.2, 0) is 22.7 Å². The van der Waals surface area contributed by atoms with E-state index < -0.39 is 10.9 Å². The fraction of sp³-hybridized carbons (Fsp3) is 0.300. The molecule has 31 heavy (non-hydrogen) atoms. The van der Waals surface area contributed by atoms with Crippen LogP contribution in [0.25, 0.3) is 11.0 Å². The summed E-state index contributed by atoms with van der Waals surface area (Å²) in [4.78, 5) is 26.4. The van der Waals surface area contributed by atoms with Gasteiger partial charge in [0, 0.05) is 28.3 Å². The lowest BCUT2D eigenvalue weighted by atomic mass is 10.1. The summed E-state index contributed by atoms with van der Waals surface area (Å²) in [5, 5.41) is 20.7. The van der Waals surface area contributed by atoms with Gasteiger partial charge in [0.15, 0.2) is 0 Å². The monoisotopic (exact) mass is 463 g/mol. The molecule has 0 fully saturated rings. The van der Waals surface area contributed by atoms with Crippen molar-refractivity contribution in [3.05, 3.63) is 56.9 Å². The number of aryl methyl sites for hydroxylation is 1. The zero-order valence-electron chi connectivity index (χ0n) is 17.1. The van der Waals surface area contributed by atoms with Gasteiger partial charge in [0.1, 0.15) is 18.3 Å². The minimum absolute atomic E-state index is 0.00694. The van der Waals surface area contributed by atoms with Gasteiger partial charge in [-0.1, -0.05) is 24.2 Å². The molecule has 0 unspecified atom stereocenters. The molecule has 2 aromatic carbocycles. The molecule has 0 atom stereocenters. The summed E-state index contributed by atoms with van der Waals surface area (Å²) in [5.41, 5.74) is 1.36. The Labute approximate surface area is 185 Å². The molecule has 3 aromatic rings. The van der Waals surface area contributed by atoms with Crippen molar-refractivity contribution in [2.45, 2.75) is 32.7 Å². The van der Waals surface area contributed by atoms with Crippen LogP contribution in [0.2, 0.25) is 17.6 Å². The van der Waals surface area contributed by atoms with Gasteiger partial charge in [-0.2, -0.15) is 0 Å². The minimum Gasteiger partial charge on any atom is -0.481 e. The van der Waals surface area contributed by atoms with Crippen molar-refractivity contribution in [1.29, 1.82) is 0 Å². The normalized spacial score (nSPS) is 11.5. The van der Waals surface area contributed by atoms with Gasteiger partial charge in [-0.05, 0) is 30.7 Å².